The predicted octanol–water partition coefficient (Wildman–Crippen LogP) is 13.6. The molecule has 0 aliphatic rings. The van der Waals surface area contributed by atoms with Crippen LogP contribution in [0.2, 0.25) is 0 Å². The SMILES string of the molecule is N#Cc1cc(-c2ccc(-c3nc(-c4ccccc4)cc(-c4ccccc4)n3)cc2)c(-c2ccc(-c3nc(-c4ccccc4)cc(-c4ccccc4)n3)cc2)c2ccccc12. The normalized spacial score (nSPS) is 11.0. The van der Waals surface area contributed by atoms with E-state index in [-0.39, 0.29) is 0 Å². The fourth-order valence-electron chi connectivity index (χ4n) is 7.77. The molecule has 0 fully saturated rings. The number of nitriles is 1. The highest BCUT2D eigenvalue weighted by Crippen LogP contribution is 2.41. The van der Waals surface area contributed by atoms with E-state index >= 15 is 0 Å². The monoisotopic (exact) mass is 765 g/mol. The molecular weight excluding hydrogens is 731 g/mol. The molecule has 0 aliphatic heterocycles. The number of fused-ring (bicyclic) bond motifs is 1. The van der Waals surface area contributed by atoms with E-state index in [1.54, 1.807) is 0 Å². The molecule has 0 saturated heterocycles. The van der Waals surface area contributed by atoms with Gasteiger partial charge in [0, 0.05) is 38.8 Å². The van der Waals surface area contributed by atoms with Gasteiger partial charge in [-0.3, -0.25) is 0 Å². The smallest absolute Gasteiger partial charge is 0.160 e. The summed E-state index contributed by atoms with van der Waals surface area (Å²) >= 11 is 0. The molecule has 0 N–H and O–H groups in total. The third-order valence-corrected chi connectivity index (χ3v) is 10.8. The van der Waals surface area contributed by atoms with Crippen LogP contribution in [-0.4, -0.2) is 19.9 Å². The highest BCUT2D eigenvalue weighted by atomic mass is 14.9. The van der Waals surface area contributed by atoms with E-state index < -0.39 is 0 Å². The summed E-state index contributed by atoms with van der Waals surface area (Å²) < 4.78 is 0. The molecule has 280 valence electrons. The Kier molecular flexibility index (Phi) is 9.55. The first-order valence-electron chi connectivity index (χ1n) is 19.9. The molecule has 0 aliphatic carbocycles. The fraction of sp³-hybridized carbons (Fsp3) is 0. The second-order valence-corrected chi connectivity index (χ2v) is 14.5. The molecule has 60 heavy (non-hydrogen) atoms. The lowest BCUT2D eigenvalue weighted by molar-refractivity contribution is 1.18. The second kappa shape index (κ2) is 15.9. The molecule has 0 bridgehead atoms. The van der Waals surface area contributed by atoms with Gasteiger partial charge in [-0.15, -0.1) is 0 Å². The van der Waals surface area contributed by atoms with Gasteiger partial charge in [0.05, 0.1) is 34.4 Å². The van der Waals surface area contributed by atoms with E-state index in [1.807, 2.05) is 103 Å². The summed E-state index contributed by atoms with van der Waals surface area (Å²) in [5.41, 5.74) is 14.0. The topological polar surface area (TPSA) is 75.3 Å². The Morgan fingerprint density at radius 1 is 0.300 bits per heavy atom. The Hall–Kier alpha value is -8.33. The van der Waals surface area contributed by atoms with Crippen molar-refractivity contribution in [3.63, 3.8) is 0 Å². The number of rotatable bonds is 8. The van der Waals surface area contributed by atoms with Crippen LogP contribution in [0.3, 0.4) is 0 Å². The fourth-order valence-corrected chi connectivity index (χ4v) is 7.77. The van der Waals surface area contributed by atoms with Crippen LogP contribution in [0, 0.1) is 11.3 Å². The van der Waals surface area contributed by atoms with Gasteiger partial charge >= 0.3 is 0 Å². The van der Waals surface area contributed by atoms with Crippen LogP contribution in [0.5, 0.6) is 0 Å². The van der Waals surface area contributed by atoms with Gasteiger partial charge in [-0.25, -0.2) is 19.9 Å². The third kappa shape index (κ3) is 7.11. The van der Waals surface area contributed by atoms with Gasteiger partial charge in [-0.1, -0.05) is 194 Å². The largest absolute Gasteiger partial charge is 0.228 e. The maximum atomic E-state index is 10.4. The summed E-state index contributed by atoms with van der Waals surface area (Å²) in [5, 5.41) is 12.3. The van der Waals surface area contributed by atoms with Crippen molar-refractivity contribution in [1.29, 1.82) is 5.26 Å². The second-order valence-electron chi connectivity index (χ2n) is 14.5. The number of nitrogens with zero attached hydrogens (tertiary/aromatic N) is 5. The molecule has 0 amide bonds. The highest BCUT2D eigenvalue weighted by molar-refractivity contribution is 6.06. The molecule has 0 spiro atoms. The zero-order valence-electron chi connectivity index (χ0n) is 32.4. The van der Waals surface area contributed by atoms with Crippen molar-refractivity contribution in [2.24, 2.45) is 0 Å². The summed E-state index contributed by atoms with van der Waals surface area (Å²) in [5.74, 6) is 1.29. The lowest BCUT2D eigenvalue weighted by Crippen LogP contribution is -1.97. The molecule has 10 aromatic rings. The van der Waals surface area contributed by atoms with Gasteiger partial charge in [0.25, 0.3) is 0 Å². The van der Waals surface area contributed by atoms with Gasteiger partial charge in [-0.2, -0.15) is 5.26 Å². The molecular formula is C55H35N5. The lowest BCUT2D eigenvalue weighted by atomic mass is 9.87. The summed E-state index contributed by atoms with van der Waals surface area (Å²) in [7, 11) is 0. The zero-order chi connectivity index (χ0) is 40.3. The van der Waals surface area contributed by atoms with E-state index in [9.17, 15) is 5.26 Å². The maximum Gasteiger partial charge on any atom is 0.160 e. The Morgan fingerprint density at radius 3 is 1.02 bits per heavy atom. The first-order valence-corrected chi connectivity index (χ1v) is 19.9. The minimum absolute atomic E-state index is 0.621. The van der Waals surface area contributed by atoms with E-state index in [1.165, 1.54) is 0 Å². The van der Waals surface area contributed by atoms with Gasteiger partial charge in [0.15, 0.2) is 11.6 Å². The first kappa shape index (κ1) is 36.0. The van der Waals surface area contributed by atoms with Gasteiger partial charge in [-0.05, 0) is 45.8 Å². The van der Waals surface area contributed by atoms with Crippen LogP contribution in [0.15, 0.2) is 212 Å². The molecule has 5 heteroatoms. The Labute approximate surface area is 348 Å². The van der Waals surface area contributed by atoms with Gasteiger partial charge in [0.1, 0.15) is 0 Å². The molecule has 0 unspecified atom stereocenters. The number of aromatic nitrogens is 4. The maximum absolute atomic E-state index is 10.4. The molecule has 5 nitrogen and oxygen atoms in total. The minimum atomic E-state index is 0.621. The predicted molar refractivity (Wildman–Crippen MR) is 243 cm³/mol. The Morgan fingerprint density at radius 2 is 0.633 bits per heavy atom. The van der Waals surface area contributed by atoms with Crippen molar-refractivity contribution in [3.8, 4) is 96.1 Å². The summed E-state index contributed by atoms with van der Waals surface area (Å²) in [6.07, 6.45) is 0. The average molecular weight is 766 g/mol. The van der Waals surface area contributed by atoms with Crippen LogP contribution in [-0.2, 0) is 0 Å². The molecule has 0 atom stereocenters. The highest BCUT2D eigenvalue weighted by Gasteiger charge is 2.18. The van der Waals surface area contributed by atoms with E-state index in [0.29, 0.717) is 17.2 Å². The average Bonchev–Trinajstić information content (AvgIpc) is 3.34. The Bertz CT molecular complexity index is 3050. The van der Waals surface area contributed by atoms with Crippen molar-refractivity contribution >= 4 is 10.8 Å². The van der Waals surface area contributed by atoms with Crippen molar-refractivity contribution in [1.82, 2.24) is 19.9 Å². The molecule has 0 saturated carbocycles. The van der Waals surface area contributed by atoms with Crippen molar-refractivity contribution in [2.75, 3.05) is 0 Å². The molecule has 0 radical (unpaired) electrons. The number of benzene rings is 8. The van der Waals surface area contributed by atoms with E-state index in [2.05, 4.69) is 115 Å². The number of hydrogen-bond donors (Lipinski definition) is 0. The molecule has 2 aromatic heterocycles. The lowest BCUT2D eigenvalue weighted by Gasteiger charge is -2.16. The third-order valence-electron chi connectivity index (χ3n) is 10.8. The zero-order valence-corrected chi connectivity index (χ0v) is 32.4. The van der Waals surface area contributed by atoms with Crippen LogP contribution in [0.4, 0.5) is 0 Å². The van der Waals surface area contributed by atoms with E-state index in [4.69, 9.17) is 19.9 Å². The van der Waals surface area contributed by atoms with Crippen molar-refractivity contribution in [2.45, 2.75) is 0 Å². The summed E-state index contributed by atoms with van der Waals surface area (Å²) in [6, 6.07) is 74.4. The first-order chi connectivity index (χ1) is 29.7. The number of hydrogen-bond acceptors (Lipinski definition) is 5. The molecule has 8 aromatic carbocycles. The Balaban J connectivity index is 1.07. The van der Waals surface area contributed by atoms with Gasteiger partial charge < -0.3 is 0 Å². The summed E-state index contributed by atoms with van der Waals surface area (Å²) in [6.45, 7) is 0. The minimum Gasteiger partial charge on any atom is -0.228 e. The van der Waals surface area contributed by atoms with Crippen LogP contribution >= 0.6 is 0 Å². The molecule has 2 heterocycles. The molecule has 10 rings (SSSR count). The standard InChI is InChI=1S/C55H35N5/c56-36-45-33-48(37-25-29-43(30-26-37)54-57-49(38-15-5-1-6-16-38)34-50(58-54)39-17-7-2-8-18-39)53(47-24-14-13-23-46(45)47)42-27-31-44(32-28-42)55-59-51(40-19-9-3-10-20-40)35-52(60-55)41-21-11-4-12-22-41/h1-35H. The van der Waals surface area contributed by atoms with Crippen LogP contribution in [0.1, 0.15) is 5.56 Å². The van der Waals surface area contributed by atoms with Crippen molar-refractivity contribution in [3.05, 3.63) is 218 Å². The van der Waals surface area contributed by atoms with Crippen molar-refractivity contribution < 1.29 is 0 Å². The van der Waals surface area contributed by atoms with Gasteiger partial charge in [0.2, 0.25) is 0 Å². The quantitative estimate of drug-likeness (QED) is 0.154. The summed E-state index contributed by atoms with van der Waals surface area (Å²) in [4.78, 5) is 20.2. The van der Waals surface area contributed by atoms with Crippen LogP contribution in [0.25, 0.3) is 101 Å². The van der Waals surface area contributed by atoms with E-state index in [0.717, 1.165) is 89.2 Å². The van der Waals surface area contributed by atoms with Crippen LogP contribution < -0.4 is 0 Å².